The largest absolute Gasteiger partial charge is 0.347 e. The summed E-state index contributed by atoms with van der Waals surface area (Å²) in [7, 11) is -7.27. The van der Waals surface area contributed by atoms with Gasteiger partial charge in [-0.05, 0) is 35.4 Å². The topological polar surface area (TPSA) is 112 Å². The first-order valence-electron chi connectivity index (χ1n) is 13.0. The molecule has 4 aliphatic rings. The summed E-state index contributed by atoms with van der Waals surface area (Å²) in [6.45, 7) is 3.57. The molecule has 6 rings (SSSR count). The third-order valence-electron chi connectivity index (χ3n) is 7.91. The van der Waals surface area contributed by atoms with E-state index in [1.54, 1.807) is 48.5 Å². The van der Waals surface area contributed by atoms with Crippen molar-refractivity contribution >= 4 is 20.0 Å². The Labute approximate surface area is 223 Å². The van der Waals surface area contributed by atoms with Crippen molar-refractivity contribution in [3.05, 3.63) is 48.5 Å². The fraction of sp³-hybridized carbons (Fsp3) is 0.538. The number of ether oxygens (including phenoxy) is 4. The van der Waals surface area contributed by atoms with Crippen molar-refractivity contribution in [3.8, 4) is 11.1 Å². The van der Waals surface area contributed by atoms with Crippen LogP contribution in [0.2, 0.25) is 0 Å². The minimum absolute atomic E-state index is 0.225. The Morgan fingerprint density at radius 1 is 0.500 bits per heavy atom. The monoisotopic (exact) mass is 564 g/mol. The second-order valence-electron chi connectivity index (χ2n) is 10.1. The number of piperidine rings is 2. The molecule has 38 heavy (non-hydrogen) atoms. The van der Waals surface area contributed by atoms with Crippen LogP contribution >= 0.6 is 0 Å². The van der Waals surface area contributed by atoms with E-state index < -0.39 is 31.6 Å². The third-order valence-corrected chi connectivity index (χ3v) is 11.7. The van der Waals surface area contributed by atoms with Crippen LogP contribution in [-0.2, 0) is 39.0 Å². The van der Waals surface area contributed by atoms with Crippen molar-refractivity contribution in [2.24, 2.45) is 0 Å². The van der Waals surface area contributed by atoms with E-state index >= 15 is 0 Å². The maximum atomic E-state index is 13.2. The first kappa shape index (κ1) is 26.3. The predicted molar refractivity (Wildman–Crippen MR) is 137 cm³/mol. The normalized spacial score (nSPS) is 24.3. The molecule has 0 radical (unpaired) electrons. The molecule has 2 aromatic rings. The maximum absolute atomic E-state index is 13.2. The number of benzene rings is 2. The lowest BCUT2D eigenvalue weighted by Gasteiger charge is -2.36. The molecule has 4 fully saturated rings. The Bertz CT molecular complexity index is 1240. The van der Waals surface area contributed by atoms with E-state index in [0.717, 1.165) is 11.1 Å². The van der Waals surface area contributed by atoms with Crippen LogP contribution in [-0.4, -0.2) is 89.6 Å². The van der Waals surface area contributed by atoms with Crippen molar-refractivity contribution in [1.82, 2.24) is 8.61 Å². The van der Waals surface area contributed by atoms with Crippen LogP contribution in [0.4, 0.5) is 0 Å². The molecule has 0 aliphatic carbocycles. The summed E-state index contributed by atoms with van der Waals surface area (Å²) in [4.78, 5) is 0.450. The highest BCUT2D eigenvalue weighted by atomic mass is 32.2. The minimum atomic E-state index is -3.63. The standard InChI is InChI=1S/C26H32N2O8S2/c29-37(30,27-13-9-25(10-14-27)33-17-18-34-25)23-5-1-21(2-6-23)22-3-7-24(8-4-22)38(31,32)28-15-11-26(12-16-28)35-19-20-36-26/h1-8H,9-20H2. The van der Waals surface area contributed by atoms with Crippen LogP contribution in [0.25, 0.3) is 11.1 Å². The molecule has 2 aromatic carbocycles. The lowest BCUT2D eigenvalue weighted by Crippen LogP contribution is -2.47. The molecular formula is C26H32N2O8S2. The first-order valence-corrected chi connectivity index (χ1v) is 15.9. The molecule has 12 heteroatoms. The first-order chi connectivity index (χ1) is 18.2. The third kappa shape index (κ3) is 4.81. The average Bonchev–Trinajstić information content (AvgIpc) is 3.59. The van der Waals surface area contributed by atoms with E-state index in [4.69, 9.17) is 18.9 Å². The summed E-state index contributed by atoms with van der Waals surface area (Å²) in [5.41, 5.74) is 1.60. The van der Waals surface area contributed by atoms with Crippen LogP contribution in [0.1, 0.15) is 25.7 Å². The fourth-order valence-electron chi connectivity index (χ4n) is 5.64. The zero-order valence-electron chi connectivity index (χ0n) is 21.1. The van der Waals surface area contributed by atoms with Gasteiger partial charge in [0, 0.05) is 51.9 Å². The molecule has 0 N–H and O–H groups in total. The molecule has 0 bridgehead atoms. The molecule has 0 amide bonds. The predicted octanol–water partition coefficient (Wildman–Crippen LogP) is 2.41. The summed E-state index contributed by atoms with van der Waals surface area (Å²) >= 11 is 0. The van der Waals surface area contributed by atoms with Crippen LogP contribution in [0, 0.1) is 0 Å². The summed E-state index contributed by atoms with van der Waals surface area (Å²) < 4.78 is 78.5. The summed E-state index contributed by atoms with van der Waals surface area (Å²) in [5, 5.41) is 0. The molecular weight excluding hydrogens is 532 g/mol. The number of hydrogen-bond acceptors (Lipinski definition) is 8. The van der Waals surface area contributed by atoms with Crippen molar-refractivity contribution in [2.45, 2.75) is 47.0 Å². The van der Waals surface area contributed by atoms with E-state index in [0.29, 0.717) is 78.3 Å². The van der Waals surface area contributed by atoms with Gasteiger partial charge in [0.05, 0.1) is 36.2 Å². The van der Waals surface area contributed by atoms with Crippen LogP contribution in [0.3, 0.4) is 0 Å². The Kier molecular flexibility index (Phi) is 6.88. The quantitative estimate of drug-likeness (QED) is 0.545. The summed E-state index contributed by atoms with van der Waals surface area (Å²) in [5.74, 6) is -1.27. The van der Waals surface area contributed by atoms with E-state index in [1.807, 2.05) is 0 Å². The smallest absolute Gasteiger partial charge is 0.243 e. The van der Waals surface area contributed by atoms with Crippen molar-refractivity contribution in [3.63, 3.8) is 0 Å². The van der Waals surface area contributed by atoms with Gasteiger partial charge in [-0.25, -0.2) is 16.8 Å². The number of hydrogen-bond donors (Lipinski definition) is 0. The zero-order chi connectivity index (χ0) is 26.4. The highest BCUT2D eigenvalue weighted by molar-refractivity contribution is 7.89. The minimum Gasteiger partial charge on any atom is -0.347 e. The molecule has 0 aromatic heterocycles. The van der Waals surface area contributed by atoms with Crippen molar-refractivity contribution in [1.29, 1.82) is 0 Å². The Balaban J connectivity index is 1.11. The molecule has 4 saturated heterocycles. The second-order valence-corrected chi connectivity index (χ2v) is 13.9. The molecule has 2 spiro atoms. The molecule has 0 saturated carbocycles. The van der Waals surface area contributed by atoms with Gasteiger partial charge in [0.25, 0.3) is 0 Å². The van der Waals surface area contributed by atoms with Crippen molar-refractivity contribution < 1.29 is 35.8 Å². The molecule has 10 nitrogen and oxygen atoms in total. The van der Waals surface area contributed by atoms with E-state index in [9.17, 15) is 16.8 Å². The SMILES string of the molecule is O=S(=O)(c1ccc(-c2ccc(S(=O)(=O)N3CCC4(CC3)OCCO4)cc2)cc1)N1CCC2(CC1)OCCO2. The Morgan fingerprint density at radius 3 is 1.08 bits per heavy atom. The fourth-order valence-corrected chi connectivity index (χ4v) is 8.53. The molecule has 0 unspecified atom stereocenters. The molecule has 4 heterocycles. The van der Waals surface area contributed by atoms with E-state index in [1.165, 1.54) is 8.61 Å². The van der Waals surface area contributed by atoms with Gasteiger partial charge < -0.3 is 18.9 Å². The van der Waals surface area contributed by atoms with Gasteiger partial charge in [-0.15, -0.1) is 0 Å². The number of nitrogens with zero attached hydrogens (tertiary/aromatic N) is 2. The summed E-state index contributed by atoms with van der Waals surface area (Å²) in [6, 6.07) is 13.4. The molecule has 206 valence electrons. The van der Waals surface area contributed by atoms with Crippen LogP contribution in [0.5, 0.6) is 0 Å². The van der Waals surface area contributed by atoms with Gasteiger partial charge >= 0.3 is 0 Å². The second kappa shape index (κ2) is 9.93. The van der Waals surface area contributed by atoms with E-state index in [-0.39, 0.29) is 9.79 Å². The maximum Gasteiger partial charge on any atom is 0.243 e. The lowest BCUT2D eigenvalue weighted by molar-refractivity contribution is -0.179. The Hall–Kier alpha value is -1.90. The van der Waals surface area contributed by atoms with Gasteiger partial charge in [-0.3, -0.25) is 0 Å². The van der Waals surface area contributed by atoms with Gasteiger partial charge in [-0.2, -0.15) is 8.61 Å². The van der Waals surface area contributed by atoms with Crippen LogP contribution < -0.4 is 0 Å². The zero-order valence-corrected chi connectivity index (χ0v) is 22.7. The van der Waals surface area contributed by atoms with Gasteiger partial charge in [-0.1, -0.05) is 24.3 Å². The number of rotatable bonds is 5. The van der Waals surface area contributed by atoms with Crippen molar-refractivity contribution in [2.75, 3.05) is 52.6 Å². The lowest BCUT2D eigenvalue weighted by atomic mass is 10.1. The highest BCUT2D eigenvalue weighted by Crippen LogP contribution is 2.35. The average molecular weight is 565 g/mol. The molecule has 4 aliphatic heterocycles. The van der Waals surface area contributed by atoms with E-state index in [2.05, 4.69) is 0 Å². The molecule has 0 atom stereocenters. The summed E-state index contributed by atoms with van der Waals surface area (Å²) in [6.07, 6.45) is 2.05. The van der Waals surface area contributed by atoms with Gasteiger partial charge in [0.15, 0.2) is 11.6 Å². The Morgan fingerprint density at radius 2 is 0.789 bits per heavy atom. The van der Waals surface area contributed by atoms with Gasteiger partial charge in [0.1, 0.15) is 0 Å². The number of sulfonamides is 2. The van der Waals surface area contributed by atoms with Gasteiger partial charge in [0.2, 0.25) is 20.0 Å². The van der Waals surface area contributed by atoms with Crippen LogP contribution in [0.15, 0.2) is 58.3 Å². The highest BCUT2D eigenvalue weighted by Gasteiger charge is 2.43.